The number of hydrogen-bond acceptors (Lipinski definition) is 2. The standard InChI is InChI=1S/C13H12BrF3N2O/c1-6(14)8-4-9-11(5-10(8)13(15,16)17)18-7(2)19(3)12(9)20/h4-6H,1-3H3. The Bertz CT molecular complexity index is 735. The Balaban J connectivity index is 2.93. The minimum Gasteiger partial charge on any atom is -0.299 e. The topological polar surface area (TPSA) is 34.9 Å². The average Bonchev–Trinajstić information content (AvgIpc) is 2.33. The summed E-state index contributed by atoms with van der Waals surface area (Å²) >= 11 is 3.14. The second-order valence-electron chi connectivity index (χ2n) is 4.59. The van der Waals surface area contributed by atoms with Crippen molar-refractivity contribution < 1.29 is 13.2 Å². The van der Waals surface area contributed by atoms with Crippen LogP contribution < -0.4 is 5.56 Å². The van der Waals surface area contributed by atoms with Gasteiger partial charge in [-0.1, -0.05) is 15.9 Å². The average molecular weight is 349 g/mol. The summed E-state index contributed by atoms with van der Waals surface area (Å²) < 4.78 is 40.6. The molecule has 1 atom stereocenters. The van der Waals surface area contributed by atoms with E-state index in [0.717, 1.165) is 6.07 Å². The Morgan fingerprint density at radius 1 is 1.35 bits per heavy atom. The first kappa shape index (κ1) is 15.0. The fraction of sp³-hybridized carbons (Fsp3) is 0.385. The van der Waals surface area contributed by atoms with Crippen LogP contribution in [0.3, 0.4) is 0 Å². The van der Waals surface area contributed by atoms with Gasteiger partial charge in [0.2, 0.25) is 0 Å². The molecule has 0 saturated carbocycles. The molecule has 2 rings (SSSR count). The molecule has 0 amide bonds. The Morgan fingerprint density at radius 2 is 1.95 bits per heavy atom. The van der Waals surface area contributed by atoms with Crippen molar-refractivity contribution in [2.75, 3.05) is 0 Å². The monoisotopic (exact) mass is 348 g/mol. The van der Waals surface area contributed by atoms with E-state index < -0.39 is 16.6 Å². The van der Waals surface area contributed by atoms with E-state index >= 15 is 0 Å². The van der Waals surface area contributed by atoms with Gasteiger partial charge in [-0.15, -0.1) is 0 Å². The molecule has 3 nitrogen and oxygen atoms in total. The molecule has 1 unspecified atom stereocenters. The summed E-state index contributed by atoms with van der Waals surface area (Å²) in [6, 6.07) is 2.21. The largest absolute Gasteiger partial charge is 0.416 e. The number of fused-ring (bicyclic) bond motifs is 1. The minimum atomic E-state index is -4.48. The van der Waals surface area contributed by atoms with Crippen LogP contribution in [0, 0.1) is 6.92 Å². The number of aromatic nitrogens is 2. The SMILES string of the molecule is Cc1nc2cc(C(F)(F)F)c(C(C)Br)cc2c(=O)n1C. The minimum absolute atomic E-state index is 0.0350. The predicted molar refractivity (Wildman–Crippen MR) is 74.1 cm³/mol. The van der Waals surface area contributed by atoms with Crippen LogP contribution in [-0.2, 0) is 13.2 Å². The molecule has 20 heavy (non-hydrogen) atoms. The fourth-order valence-corrected chi connectivity index (χ4v) is 2.40. The Hall–Kier alpha value is -1.37. The van der Waals surface area contributed by atoms with Gasteiger partial charge in [0.05, 0.1) is 16.5 Å². The zero-order valence-corrected chi connectivity index (χ0v) is 12.6. The summed E-state index contributed by atoms with van der Waals surface area (Å²) in [6.07, 6.45) is -4.48. The second-order valence-corrected chi connectivity index (χ2v) is 5.97. The highest BCUT2D eigenvalue weighted by Gasteiger charge is 2.35. The van der Waals surface area contributed by atoms with Crippen LogP contribution in [0.2, 0.25) is 0 Å². The maximum absolute atomic E-state index is 13.1. The lowest BCUT2D eigenvalue weighted by Crippen LogP contribution is -2.21. The first-order chi connectivity index (χ1) is 9.12. The summed E-state index contributed by atoms with van der Waals surface area (Å²) in [5, 5.41) is 0.187. The molecule has 0 aliphatic carbocycles. The lowest BCUT2D eigenvalue weighted by molar-refractivity contribution is -0.138. The molecule has 0 aliphatic heterocycles. The first-order valence-electron chi connectivity index (χ1n) is 5.85. The van der Waals surface area contributed by atoms with E-state index in [-0.39, 0.29) is 22.0 Å². The van der Waals surface area contributed by atoms with Crippen LogP contribution in [0.5, 0.6) is 0 Å². The van der Waals surface area contributed by atoms with Crippen LogP contribution in [0.4, 0.5) is 13.2 Å². The van der Waals surface area contributed by atoms with Crippen molar-refractivity contribution in [3.8, 4) is 0 Å². The highest BCUT2D eigenvalue weighted by molar-refractivity contribution is 9.09. The summed E-state index contributed by atoms with van der Waals surface area (Å²) in [4.78, 5) is 15.7. The summed E-state index contributed by atoms with van der Waals surface area (Å²) in [5.74, 6) is 0.371. The van der Waals surface area contributed by atoms with Crippen molar-refractivity contribution in [1.29, 1.82) is 0 Å². The molecule has 0 fully saturated rings. The fourth-order valence-electron chi connectivity index (χ4n) is 2.02. The molecule has 7 heteroatoms. The van der Waals surface area contributed by atoms with E-state index in [0.29, 0.717) is 5.82 Å². The lowest BCUT2D eigenvalue weighted by Gasteiger charge is -2.16. The zero-order valence-electron chi connectivity index (χ0n) is 11.0. The molecule has 0 radical (unpaired) electrons. The molecule has 0 saturated heterocycles. The molecule has 1 aromatic carbocycles. The highest BCUT2D eigenvalue weighted by atomic mass is 79.9. The van der Waals surface area contributed by atoms with Gasteiger partial charge in [0.1, 0.15) is 5.82 Å². The molecule has 0 aliphatic rings. The third-order valence-corrected chi connectivity index (χ3v) is 3.70. The molecular weight excluding hydrogens is 337 g/mol. The van der Waals surface area contributed by atoms with Gasteiger partial charge in [0, 0.05) is 11.9 Å². The summed E-state index contributed by atoms with van der Waals surface area (Å²) in [5.41, 5.74) is -1.02. The van der Waals surface area contributed by atoms with Crippen molar-refractivity contribution >= 4 is 26.8 Å². The van der Waals surface area contributed by atoms with Gasteiger partial charge in [-0.3, -0.25) is 9.36 Å². The van der Waals surface area contributed by atoms with E-state index in [4.69, 9.17) is 0 Å². The van der Waals surface area contributed by atoms with Crippen LogP contribution in [-0.4, -0.2) is 9.55 Å². The van der Waals surface area contributed by atoms with Crippen LogP contribution >= 0.6 is 15.9 Å². The van der Waals surface area contributed by atoms with Crippen molar-refractivity contribution in [1.82, 2.24) is 9.55 Å². The van der Waals surface area contributed by atoms with Crippen LogP contribution in [0.25, 0.3) is 10.9 Å². The van der Waals surface area contributed by atoms with Crippen molar-refractivity contribution in [2.45, 2.75) is 24.9 Å². The van der Waals surface area contributed by atoms with E-state index in [1.54, 1.807) is 20.9 Å². The van der Waals surface area contributed by atoms with Gasteiger partial charge < -0.3 is 0 Å². The van der Waals surface area contributed by atoms with Gasteiger partial charge in [-0.2, -0.15) is 13.2 Å². The zero-order chi connectivity index (χ0) is 15.2. The van der Waals surface area contributed by atoms with Crippen molar-refractivity contribution in [2.24, 2.45) is 7.05 Å². The molecule has 108 valence electrons. The van der Waals surface area contributed by atoms with Crippen LogP contribution in [0.15, 0.2) is 16.9 Å². The number of alkyl halides is 4. The van der Waals surface area contributed by atoms with Gasteiger partial charge in [-0.25, -0.2) is 4.98 Å². The number of halogens is 4. The van der Waals surface area contributed by atoms with Gasteiger partial charge in [0.25, 0.3) is 5.56 Å². The summed E-state index contributed by atoms with van der Waals surface area (Å²) in [6.45, 7) is 3.16. The number of hydrogen-bond donors (Lipinski definition) is 0. The lowest BCUT2D eigenvalue weighted by atomic mass is 10.0. The van der Waals surface area contributed by atoms with E-state index in [9.17, 15) is 18.0 Å². The maximum Gasteiger partial charge on any atom is 0.416 e. The van der Waals surface area contributed by atoms with Crippen molar-refractivity contribution in [3.05, 3.63) is 39.4 Å². The molecular formula is C13H12BrF3N2O. The highest BCUT2D eigenvalue weighted by Crippen LogP contribution is 2.38. The van der Waals surface area contributed by atoms with Gasteiger partial charge >= 0.3 is 6.18 Å². The van der Waals surface area contributed by atoms with E-state index in [1.807, 2.05) is 0 Å². The van der Waals surface area contributed by atoms with Gasteiger partial charge in [0.15, 0.2) is 0 Å². The summed E-state index contributed by atoms with van der Waals surface area (Å²) in [7, 11) is 1.54. The molecule has 2 aromatic rings. The molecule has 1 heterocycles. The Labute approximate surface area is 121 Å². The second kappa shape index (κ2) is 4.87. The van der Waals surface area contributed by atoms with Gasteiger partial charge in [-0.05, 0) is 31.5 Å². The predicted octanol–water partition coefficient (Wildman–Crippen LogP) is 3.72. The molecule has 0 N–H and O–H groups in total. The number of benzene rings is 1. The van der Waals surface area contributed by atoms with E-state index in [2.05, 4.69) is 20.9 Å². The number of nitrogens with zero attached hydrogens (tertiary/aromatic N) is 2. The number of aryl methyl sites for hydroxylation is 1. The Morgan fingerprint density at radius 3 is 2.45 bits per heavy atom. The molecule has 0 bridgehead atoms. The van der Waals surface area contributed by atoms with Crippen molar-refractivity contribution in [3.63, 3.8) is 0 Å². The molecule has 1 aromatic heterocycles. The third kappa shape index (κ3) is 2.46. The van der Waals surface area contributed by atoms with E-state index in [1.165, 1.54) is 10.6 Å². The maximum atomic E-state index is 13.1. The van der Waals surface area contributed by atoms with Crippen LogP contribution in [0.1, 0.15) is 28.7 Å². The Kier molecular flexibility index (Phi) is 3.66. The quantitative estimate of drug-likeness (QED) is 0.736. The number of rotatable bonds is 1. The molecule has 0 spiro atoms. The normalized spacial score (nSPS) is 13.8. The third-order valence-electron chi connectivity index (χ3n) is 3.20. The first-order valence-corrected chi connectivity index (χ1v) is 6.77. The smallest absolute Gasteiger partial charge is 0.299 e.